The third-order valence-corrected chi connectivity index (χ3v) is 2.79. The number of amides is 2. The van der Waals surface area contributed by atoms with Gasteiger partial charge in [0.05, 0.1) is 30.1 Å². The van der Waals surface area contributed by atoms with Crippen LogP contribution >= 0.6 is 0 Å². The molecule has 0 aliphatic heterocycles. The molecule has 0 radical (unpaired) electrons. The molecule has 1 aromatic rings. The third kappa shape index (κ3) is 4.57. The van der Waals surface area contributed by atoms with Crippen LogP contribution in [0.3, 0.4) is 0 Å². The molecule has 0 fully saturated rings. The van der Waals surface area contributed by atoms with E-state index in [4.69, 9.17) is 5.73 Å². The Morgan fingerprint density at radius 1 is 1.24 bits per heavy atom. The summed E-state index contributed by atoms with van der Waals surface area (Å²) in [6.07, 6.45) is 0.470. The van der Waals surface area contributed by atoms with Crippen molar-refractivity contribution in [1.82, 2.24) is 0 Å². The number of esters is 1. The molecule has 114 valence electrons. The van der Waals surface area contributed by atoms with E-state index in [9.17, 15) is 14.4 Å². The number of nitrogens with one attached hydrogen (secondary N) is 2. The number of benzene rings is 1. The van der Waals surface area contributed by atoms with Gasteiger partial charge in [0, 0.05) is 6.92 Å². The van der Waals surface area contributed by atoms with Gasteiger partial charge in [0.25, 0.3) is 0 Å². The fourth-order valence-corrected chi connectivity index (χ4v) is 1.60. The van der Waals surface area contributed by atoms with Gasteiger partial charge in [-0.05, 0) is 24.6 Å². The van der Waals surface area contributed by atoms with Gasteiger partial charge in [-0.25, -0.2) is 4.79 Å². The van der Waals surface area contributed by atoms with E-state index in [0.29, 0.717) is 17.8 Å². The largest absolute Gasteiger partial charge is 0.465 e. The number of hydrogen-bond donors (Lipinski definition) is 3. The van der Waals surface area contributed by atoms with Crippen molar-refractivity contribution in [2.75, 3.05) is 17.7 Å². The van der Waals surface area contributed by atoms with Gasteiger partial charge in [-0.3, -0.25) is 9.59 Å². The molecule has 0 spiro atoms. The van der Waals surface area contributed by atoms with Crippen LogP contribution in [0.5, 0.6) is 0 Å². The highest BCUT2D eigenvalue weighted by Gasteiger charge is 2.16. The molecule has 0 saturated heterocycles. The fourth-order valence-electron chi connectivity index (χ4n) is 1.60. The van der Waals surface area contributed by atoms with Crippen molar-refractivity contribution >= 4 is 29.2 Å². The van der Waals surface area contributed by atoms with Gasteiger partial charge in [-0.15, -0.1) is 0 Å². The monoisotopic (exact) mass is 293 g/mol. The summed E-state index contributed by atoms with van der Waals surface area (Å²) >= 11 is 0. The van der Waals surface area contributed by atoms with Crippen LogP contribution in [0.25, 0.3) is 0 Å². The smallest absolute Gasteiger partial charge is 0.337 e. The number of carbonyl (C=O) groups is 3. The summed E-state index contributed by atoms with van der Waals surface area (Å²) in [5.74, 6) is -1.23. The maximum absolute atomic E-state index is 11.9. The molecule has 1 rings (SSSR count). The van der Waals surface area contributed by atoms with E-state index in [1.807, 2.05) is 0 Å². The van der Waals surface area contributed by atoms with Gasteiger partial charge in [0.2, 0.25) is 11.8 Å². The predicted molar refractivity (Wildman–Crippen MR) is 79.0 cm³/mol. The van der Waals surface area contributed by atoms with E-state index >= 15 is 0 Å². The minimum absolute atomic E-state index is 0.256. The van der Waals surface area contributed by atoms with Crippen LogP contribution in [-0.4, -0.2) is 30.9 Å². The molecule has 0 bridgehead atoms. The van der Waals surface area contributed by atoms with E-state index in [1.165, 1.54) is 32.2 Å². The van der Waals surface area contributed by atoms with Crippen molar-refractivity contribution in [3.05, 3.63) is 23.8 Å². The lowest BCUT2D eigenvalue weighted by Gasteiger charge is -2.15. The molecule has 21 heavy (non-hydrogen) atoms. The summed E-state index contributed by atoms with van der Waals surface area (Å²) in [7, 11) is 1.26. The van der Waals surface area contributed by atoms with Gasteiger partial charge in [0.15, 0.2) is 0 Å². The molecular formula is C14H19N3O4. The van der Waals surface area contributed by atoms with Crippen LogP contribution in [0.15, 0.2) is 18.2 Å². The molecule has 7 nitrogen and oxygen atoms in total. The molecule has 1 aromatic carbocycles. The predicted octanol–water partition coefficient (Wildman–Crippen LogP) is 1.11. The normalized spacial score (nSPS) is 11.4. The van der Waals surface area contributed by atoms with Crippen LogP contribution in [0, 0.1) is 0 Å². The molecule has 4 N–H and O–H groups in total. The quantitative estimate of drug-likeness (QED) is 0.704. The summed E-state index contributed by atoms with van der Waals surface area (Å²) in [4.78, 5) is 34.6. The standard InChI is InChI=1S/C14H19N3O4/c1-4-10(15)13(19)17-12-7-9(14(20)21-3)5-6-11(12)16-8(2)18/h5-7,10H,4,15H2,1-3H3,(H,16,18)(H,17,19). The first-order valence-electron chi connectivity index (χ1n) is 6.45. The van der Waals surface area contributed by atoms with E-state index in [-0.39, 0.29) is 11.5 Å². The lowest BCUT2D eigenvalue weighted by molar-refractivity contribution is -0.117. The summed E-state index contributed by atoms with van der Waals surface area (Å²) < 4.78 is 4.62. The zero-order valence-corrected chi connectivity index (χ0v) is 12.2. The van der Waals surface area contributed by atoms with Crippen LogP contribution in [0.1, 0.15) is 30.6 Å². The summed E-state index contributed by atoms with van der Waals surface area (Å²) in [5.41, 5.74) is 6.58. The third-order valence-electron chi connectivity index (χ3n) is 2.79. The second-order valence-electron chi connectivity index (χ2n) is 4.44. The Morgan fingerprint density at radius 2 is 1.90 bits per heavy atom. The van der Waals surface area contributed by atoms with E-state index in [2.05, 4.69) is 15.4 Å². The Morgan fingerprint density at radius 3 is 2.43 bits per heavy atom. The summed E-state index contributed by atoms with van der Waals surface area (Å²) in [6, 6.07) is 3.77. The van der Waals surface area contributed by atoms with Crippen LogP contribution in [-0.2, 0) is 14.3 Å². The Bertz CT molecular complexity index is 557. The van der Waals surface area contributed by atoms with Crippen molar-refractivity contribution in [3.8, 4) is 0 Å². The molecule has 0 aliphatic carbocycles. The highest BCUT2D eigenvalue weighted by Crippen LogP contribution is 2.24. The maximum atomic E-state index is 11.9. The lowest BCUT2D eigenvalue weighted by atomic mass is 10.1. The topological polar surface area (TPSA) is 111 Å². The minimum atomic E-state index is -0.669. The molecule has 0 aromatic heterocycles. The Balaban J connectivity index is 3.12. The molecule has 7 heteroatoms. The van der Waals surface area contributed by atoms with E-state index in [1.54, 1.807) is 6.92 Å². The number of ether oxygens (including phenoxy) is 1. The van der Waals surface area contributed by atoms with Gasteiger partial charge in [-0.1, -0.05) is 6.92 Å². The highest BCUT2D eigenvalue weighted by molar-refractivity contribution is 6.02. The lowest BCUT2D eigenvalue weighted by Crippen LogP contribution is -2.35. The SMILES string of the molecule is CCC(N)C(=O)Nc1cc(C(=O)OC)ccc1NC(C)=O. The second-order valence-corrected chi connectivity index (χ2v) is 4.44. The van der Waals surface area contributed by atoms with Gasteiger partial charge in [-0.2, -0.15) is 0 Å². The molecule has 2 amide bonds. The first kappa shape index (κ1) is 16.6. The maximum Gasteiger partial charge on any atom is 0.337 e. The summed E-state index contributed by atoms with van der Waals surface area (Å²) in [5, 5.41) is 5.17. The number of rotatable bonds is 5. The first-order chi connectivity index (χ1) is 9.88. The van der Waals surface area contributed by atoms with Gasteiger partial charge in [0.1, 0.15) is 0 Å². The fraction of sp³-hybridized carbons (Fsp3) is 0.357. The number of nitrogens with two attached hydrogens (primary N) is 1. The zero-order chi connectivity index (χ0) is 16.0. The summed E-state index contributed by atoms with van der Waals surface area (Å²) in [6.45, 7) is 3.13. The van der Waals surface area contributed by atoms with Crippen molar-refractivity contribution < 1.29 is 19.1 Å². The average molecular weight is 293 g/mol. The minimum Gasteiger partial charge on any atom is -0.465 e. The second kappa shape index (κ2) is 7.39. The van der Waals surface area contributed by atoms with Crippen molar-refractivity contribution in [2.45, 2.75) is 26.3 Å². The molecule has 0 saturated carbocycles. The van der Waals surface area contributed by atoms with Gasteiger partial charge < -0.3 is 21.1 Å². The Labute approximate surface area is 122 Å². The number of methoxy groups -OCH3 is 1. The number of anilines is 2. The van der Waals surface area contributed by atoms with E-state index < -0.39 is 17.9 Å². The van der Waals surface area contributed by atoms with E-state index in [0.717, 1.165) is 0 Å². The van der Waals surface area contributed by atoms with Crippen molar-refractivity contribution in [2.24, 2.45) is 5.73 Å². The molecule has 0 heterocycles. The highest BCUT2D eigenvalue weighted by atomic mass is 16.5. The van der Waals surface area contributed by atoms with Crippen molar-refractivity contribution in [1.29, 1.82) is 0 Å². The average Bonchev–Trinajstić information content (AvgIpc) is 2.46. The molecule has 1 atom stereocenters. The van der Waals surface area contributed by atoms with Gasteiger partial charge >= 0.3 is 5.97 Å². The molecule has 1 unspecified atom stereocenters. The van der Waals surface area contributed by atoms with Crippen LogP contribution in [0.4, 0.5) is 11.4 Å². The Hall–Kier alpha value is -2.41. The molecular weight excluding hydrogens is 274 g/mol. The van der Waals surface area contributed by atoms with Crippen LogP contribution in [0.2, 0.25) is 0 Å². The zero-order valence-electron chi connectivity index (χ0n) is 12.2. The van der Waals surface area contributed by atoms with Crippen LogP contribution < -0.4 is 16.4 Å². The first-order valence-corrected chi connectivity index (χ1v) is 6.45. The molecule has 0 aliphatic rings. The number of carbonyl (C=O) groups excluding carboxylic acids is 3. The van der Waals surface area contributed by atoms with Crippen molar-refractivity contribution in [3.63, 3.8) is 0 Å². The Kier molecular flexibility index (Phi) is 5.86. The number of hydrogen-bond acceptors (Lipinski definition) is 5.